The molecule has 0 spiro atoms. The minimum Gasteiger partial charge on any atom is -0.444 e. The molecule has 2 rings (SSSR count). The Balaban J connectivity index is 2.43. The van der Waals surface area contributed by atoms with E-state index in [-0.39, 0.29) is 6.61 Å². The van der Waals surface area contributed by atoms with Crippen molar-refractivity contribution in [3.8, 4) is 0 Å². The van der Waals surface area contributed by atoms with Crippen LogP contribution in [-0.2, 0) is 11.2 Å². The molecule has 1 saturated heterocycles. The molecule has 8 nitrogen and oxygen atoms in total. The number of aromatic amines is 1. The Morgan fingerprint density at radius 3 is 2.58 bits per heavy atom. The van der Waals surface area contributed by atoms with Gasteiger partial charge in [0.25, 0.3) is 5.56 Å². The number of amides is 1. The Hall–Kier alpha value is -2.09. The molecule has 24 heavy (non-hydrogen) atoms. The van der Waals surface area contributed by atoms with Crippen LogP contribution in [0.1, 0.15) is 52.3 Å². The maximum Gasteiger partial charge on any atom is 0.412 e. The monoisotopic (exact) mass is 339 g/mol. The normalized spacial score (nSPS) is 21.1. The van der Waals surface area contributed by atoms with Crippen LogP contribution in [0.3, 0.4) is 0 Å². The first-order valence-electron chi connectivity index (χ1n) is 8.14. The van der Waals surface area contributed by atoms with Gasteiger partial charge in [0.2, 0.25) is 0 Å². The van der Waals surface area contributed by atoms with Crippen LogP contribution in [0, 0.1) is 0 Å². The summed E-state index contributed by atoms with van der Waals surface area (Å²) in [5, 5.41) is 9.57. The molecule has 1 aromatic rings. The number of aliphatic hydroxyl groups is 1. The van der Waals surface area contributed by atoms with E-state index in [4.69, 9.17) is 4.74 Å². The second-order valence-electron chi connectivity index (χ2n) is 6.96. The first kappa shape index (κ1) is 18.3. The summed E-state index contributed by atoms with van der Waals surface area (Å²) < 4.78 is 6.76. The SMILES string of the molecule is CCc1cn([C@H]2CC[C@@H](CO)N2C(=O)OC(C)(C)C)c(=O)[nH]c1=O. The lowest BCUT2D eigenvalue weighted by molar-refractivity contribution is 0.000569. The first-order chi connectivity index (χ1) is 11.2. The Kier molecular flexibility index (Phi) is 5.17. The minimum absolute atomic E-state index is 0.214. The van der Waals surface area contributed by atoms with Crippen molar-refractivity contribution in [2.45, 2.75) is 64.8 Å². The summed E-state index contributed by atoms with van der Waals surface area (Å²) in [6.45, 7) is 6.87. The highest BCUT2D eigenvalue weighted by molar-refractivity contribution is 5.69. The van der Waals surface area contributed by atoms with Gasteiger partial charge in [-0.2, -0.15) is 0 Å². The van der Waals surface area contributed by atoms with E-state index in [0.29, 0.717) is 24.8 Å². The zero-order valence-corrected chi connectivity index (χ0v) is 14.5. The molecule has 0 saturated carbocycles. The average Bonchev–Trinajstić information content (AvgIpc) is 2.89. The largest absolute Gasteiger partial charge is 0.444 e. The zero-order valence-electron chi connectivity index (χ0n) is 14.5. The van der Waals surface area contributed by atoms with Gasteiger partial charge in [-0.05, 0) is 40.0 Å². The smallest absolute Gasteiger partial charge is 0.412 e. The van der Waals surface area contributed by atoms with Gasteiger partial charge in [-0.15, -0.1) is 0 Å². The van der Waals surface area contributed by atoms with Crippen molar-refractivity contribution in [2.24, 2.45) is 0 Å². The van der Waals surface area contributed by atoms with Crippen LogP contribution in [0.4, 0.5) is 4.79 Å². The lowest BCUT2D eigenvalue weighted by Crippen LogP contribution is -2.46. The van der Waals surface area contributed by atoms with E-state index in [1.165, 1.54) is 15.7 Å². The molecular weight excluding hydrogens is 314 g/mol. The van der Waals surface area contributed by atoms with Crippen molar-refractivity contribution in [2.75, 3.05) is 6.61 Å². The number of ether oxygens (including phenoxy) is 1. The van der Waals surface area contributed by atoms with Crippen LogP contribution in [0.25, 0.3) is 0 Å². The minimum atomic E-state index is -0.686. The maximum atomic E-state index is 12.6. The molecule has 8 heteroatoms. The Morgan fingerprint density at radius 2 is 2.04 bits per heavy atom. The van der Waals surface area contributed by atoms with E-state index in [2.05, 4.69) is 4.98 Å². The average molecular weight is 339 g/mol. The first-order valence-corrected chi connectivity index (χ1v) is 8.14. The molecule has 2 atom stereocenters. The molecule has 0 aliphatic carbocycles. The lowest BCUT2D eigenvalue weighted by Gasteiger charge is -2.32. The number of hydrogen-bond acceptors (Lipinski definition) is 5. The van der Waals surface area contributed by atoms with Crippen molar-refractivity contribution in [3.63, 3.8) is 0 Å². The molecule has 0 bridgehead atoms. The molecule has 0 unspecified atom stereocenters. The standard InChI is InChI=1S/C16H25N3O5/c1-5-10-8-18(14(22)17-13(10)21)12-7-6-11(9-20)19(12)15(23)24-16(2,3)4/h8,11-12,20H,5-7,9H2,1-4H3,(H,17,21,22)/t11-,12+/m0/s1. The van der Waals surface area contributed by atoms with E-state index in [1.807, 2.05) is 6.92 Å². The van der Waals surface area contributed by atoms with Gasteiger partial charge in [-0.1, -0.05) is 6.92 Å². The van der Waals surface area contributed by atoms with Crippen molar-refractivity contribution >= 4 is 6.09 Å². The number of hydrogen-bond donors (Lipinski definition) is 2. The van der Waals surface area contributed by atoms with E-state index in [1.54, 1.807) is 20.8 Å². The molecule has 2 N–H and O–H groups in total. The highest BCUT2D eigenvalue weighted by Gasteiger charge is 2.40. The number of nitrogens with zero attached hydrogens (tertiary/aromatic N) is 2. The number of aryl methyl sites for hydroxylation is 1. The molecular formula is C16H25N3O5. The molecule has 1 aromatic heterocycles. The summed E-state index contributed by atoms with van der Waals surface area (Å²) in [7, 11) is 0. The van der Waals surface area contributed by atoms with Gasteiger partial charge in [-0.25, -0.2) is 9.59 Å². The molecule has 1 amide bonds. The van der Waals surface area contributed by atoms with E-state index >= 15 is 0 Å². The van der Waals surface area contributed by atoms with E-state index < -0.39 is 35.2 Å². The Morgan fingerprint density at radius 1 is 1.38 bits per heavy atom. The fourth-order valence-corrected chi connectivity index (χ4v) is 2.90. The highest BCUT2D eigenvalue weighted by Crippen LogP contribution is 2.32. The van der Waals surface area contributed by atoms with Crippen molar-refractivity contribution in [1.29, 1.82) is 0 Å². The van der Waals surface area contributed by atoms with Crippen LogP contribution < -0.4 is 11.2 Å². The van der Waals surface area contributed by atoms with Crippen LogP contribution in [0.5, 0.6) is 0 Å². The van der Waals surface area contributed by atoms with Crippen molar-refractivity contribution < 1.29 is 14.6 Å². The van der Waals surface area contributed by atoms with Gasteiger partial charge in [0.15, 0.2) is 0 Å². The molecule has 1 aliphatic rings. The summed E-state index contributed by atoms with van der Waals surface area (Å²) in [6.07, 6.45) is 1.83. The van der Waals surface area contributed by atoms with Gasteiger partial charge in [0, 0.05) is 11.8 Å². The third-order valence-corrected chi connectivity index (χ3v) is 4.03. The van der Waals surface area contributed by atoms with Gasteiger partial charge >= 0.3 is 11.8 Å². The number of H-pyrrole nitrogens is 1. The topological polar surface area (TPSA) is 105 Å². The molecule has 2 heterocycles. The maximum absolute atomic E-state index is 12.6. The molecule has 1 fully saturated rings. The van der Waals surface area contributed by atoms with Gasteiger partial charge in [0.05, 0.1) is 12.6 Å². The summed E-state index contributed by atoms with van der Waals surface area (Å²) >= 11 is 0. The predicted molar refractivity (Wildman–Crippen MR) is 87.9 cm³/mol. The second kappa shape index (κ2) is 6.80. The number of nitrogens with one attached hydrogen (secondary N) is 1. The summed E-state index contributed by atoms with van der Waals surface area (Å²) in [4.78, 5) is 40.2. The molecule has 0 aromatic carbocycles. The number of aromatic nitrogens is 2. The zero-order chi connectivity index (χ0) is 18.1. The Bertz CT molecular complexity index is 716. The van der Waals surface area contributed by atoms with Gasteiger partial charge in [0.1, 0.15) is 11.8 Å². The molecule has 134 valence electrons. The summed E-state index contributed by atoms with van der Waals surface area (Å²) in [5.41, 5.74) is -1.21. The molecule has 0 radical (unpaired) electrons. The third-order valence-electron chi connectivity index (χ3n) is 4.03. The number of carbonyl (C=O) groups is 1. The van der Waals surface area contributed by atoms with E-state index in [0.717, 1.165) is 0 Å². The Labute approximate surface area is 140 Å². The van der Waals surface area contributed by atoms with Crippen LogP contribution in [0.2, 0.25) is 0 Å². The second-order valence-corrected chi connectivity index (χ2v) is 6.96. The van der Waals surface area contributed by atoms with Crippen LogP contribution in [0.15, 0.2) is 15.8 Å². The number of aliphatic hydroxyl groups excluding tert-OH is 1. The van der Waals surface area contributed by atoms with Gasteiger partial charge < -0.3 is 9.84 Å². The van der Waals surface area contributed by atoms with Crippen molar-refractivity contribution in [1.82, 2.24) is 14.5 Å². The quantitative estimate of drug-likeness (QED) is 0.854. The summed E-state index contributed by atoms with van der Waals surface area (Å²) in [5.74, 6) is 0. The fourth-order valence-electron chi connectivity index (χ4n) is 2.90. The third kappa shape index (κ3) is 3.69. The molecule has 1 aliphatic heterocycles. The number of likely N-dealkylation sites (tertiary alicyclic amines) is 1. The van der Waals surface area contributed by atoms with Crippen LogP contribution in [-0.4, -0.2) is 43.9 Å². The summed E-state index contributed by atoms with van der Waals surface area (Å²) in [6, 6.07) is -0.422. The van der Waals surface area contributed by atoms with Gasteiger partial charge in [-0.3, -0.25) is 19.2 Å². The highest BCUT2D eigenvalue weighted by atomic mass is 16.6. The predicted octanol–water partition coefficient (Wildman–Crippen LogP) is 0.989. The fraction of sp³-hybridized carbons (Fsp3) is 0.688. The van der Waals surface area contributed by atoms with E-state index in [9.17, 15) is 19.5 Å². The number of rotatable bonds is 3. The lowest BCUT2D eigenvalue weighted by atomic mass is 10.2. The van der Waals surface area contributed by atoms with Crippen LogP contribution >= 0.6 is 0 Å². The number of carbonyl (C=O) groups excluding carboxylic acids is 1. The van der Waals surface area contributed by atoms with Crippen molar-refractivity contribution in [3.05, 3.63) is 32.6 Å².